The zero-order chi connectivity index (χ0) is 23.1. The number of hydrogen-bond acceptors (Lipinski definition) is 7. The van der Waals surface area contributed by atoms with Crippen molar-refractivity contribution in [2.75, 3.05) is 53.0 Å². The predicted octanol–water partition coefficient (Wildman–Crippen LogP) is 2.12. The summed E-state index contributed by atoms with van der Waals surface area (Å²) in [6.45, 7) is 7.20. The fourth-order valence-corrected chi connectivity index (χ4v) is 5.38. The average Bonchev–Trinajstić information content (AvgIpc) is 3.36. The van der Waals surface area contributed by atoms with E-state index in [9.17, 15) is 13.2 Å². The summed E-state index contributed by atoms with van der Waals surface area (Å²) in [4.78, 5) is 15.1. The SMILES string of the molecule is CCN(CC)C(CNC(=O)c1ccc(OC)c(S(=O)(=O)N2CCOCC2)c1)c1ccco1. The van der Waals surface area contributed by atoms with Crippen molar-refractivity contribution in [3.05, 3.63) is 47.9 Å². The molecule has 1 saturated heterocycles. The van der Waals surface area contributed by atoms with Crippen LogP contribution in [0, 0.1) is 0 Å². The van der Waals surface area contributed by atoms with E-state index in [-0.39, 0.29) is 41.2 Å². The molecular weight excluding hydrogens is 434 g/mol. The predicted molar refractivity (Wildman–Crippen MR) is 119 cm³/mol. The minimum Gasteiger partial charge on any atom is -0.495 e. The van der Waals surface area contributed by atoms with Crippen molar-refractivity contribution in [2.24, 2.45) is 0 Å². The second-order valence-electron chi connectivity index (χ2n) is 7.34. The normalized spacial score (nSPS) is 16.1. The zero-order valence-corrected chi connectivity index (χ0v) is 19.6. The maximum atomic E-state index is 13.2. The van der Waals surface area contributed by atoms with E-state index in [2.05, 4.69) is 10.2 Å². The summed E-state index contributed by atoms with van der Waals surface area (Å²) in [6, 6.07) is 8.02. The van der Waals surface area contributed by atoms with Crippen molar-refractivity contribution in [1.82, 2.24) is 14.5 Å². The number of hydrogen-bond donors (Lipinski definition) is 1. The van der Waals surface area contributed by atoms with Crippen LogP contribution >= 0.6 is 0 Å². The molecule has 9 nitrogen and oxygen atoms in total. The smallest absolute Gasteiger partial charge is 0.251 e. The molecule has 1 unspecified atom stereocenters. The minimum absolute atomic E-state index is 0.0270. The van der Waals surface area contributed by atoms with Crippen molar-refractivity contribution in [3.63, 3.8) is 0 Å². The Morgan fingerprint density at radius 2 is 1.94 bits per heavy atom. The van der Waals surface area contributed by atoms with E-state index < -0.39 is 10.0 Å². The van der Waals surface area contributed by atoms with Gasteiger partial charge in [-0.25, -0.2) is 8.42 Å². The van der Waals surface area contributed by atoms with Gasteiger partial charge in [0.25, 0.3) is 5.91 Å². The van der Waals surface area contributed by atoms with Crippen LogP contribution < -0.4 is 10.1 Å². The molecule has 0 aliphatic carbocycles. The number of nitrogens with one attached hydrogen (secondary N) is 1. The van der Waals surface area contributed by atoms with E-state index in [0.717, 1.165) is 18.8 Å². The standard InChI is InChI=1S/C22H31N3O6S/c1-4-24(5-2)18(19-7-6-12-31-19)16-23-22(26)17-8-9-20(29-3)21(15-17)32(27,28)25-10-13-30-14-11-25/h6-9,12,15,18H,4-5,10-11,13-14,16H2,1-3H3,(H,23,26). The van der Waals surface area contributed by atoms with E-state index >= 15 is 0 Å². The van der Waals surface area contributed by atoms with Crippen LogP contribution in [0.25, 0.3) is 0 Å². The van der Waals surface area contributed by atoms with E-state index in [1.165, 1.54) is 23.5 Å². The Morgan fingerprint density at radius 3 is 2.53 bits per heavy atom. The van der Waals surface area contributed by atoms with Crippen molar-refractivity contribution in [1.29, 1.82) is 0 Å². The Morgan fingerprint density at radius 1 is 1.22 bits per heavy atom. The summed E-state index contributed by atoms with van der Waals surface area (Å²) in [6.07, 6.45) is 1.61. The Labute approximate surface area is 189 Å². The summed E-state index contributed by atoms with van der Waals surface area (Å²) in [5.74, 6) is 0.596. The van der Waals surface area contributed by atoms with Crippen molar-refractivity contribution in [3.8, 4) is 5.75 Å². The Balaban J connectivity index is 1.81. The van der Waals surface area contributed by atoms with Crippen LogP contribution in [0.3, 0.4) is 0 Å². The van der Waals surface area contributed by atoms with Gasteiger partial charge < -0.3 is 19.2 Å². The lowest BCUT2D eigenvalue weighted by molar-refractivity contribution is 0.0729. The van der Waals surface area contributed by atoms with Crippen molar-refractivity contribution in [2.45, 2.75) is 24.8 Å². The monoisotopic (exact) mass is 465 g/mol. The fraction of sp³-hybridized carbons (Fsp3) is 0.500. The molecular formula is C22H31N3O6S. The van der Waals surface area contributed by atoms with Gasteiger partial charge in [-0.1, -0.05) is 13.8 Å². The molecule has 32 heavy (non-hydrogen) atoms. The number of amides is 1. The van der Waals surface area contributed by atoms with Crippen LogP contribution in [0.15, 0.2) is 45.9 Å². The third-order valence-electron chi connectivity index (χ3n) is 5.59. The largest absolute Gasteiger partial charge is 0.495 e. The highest BCUT2D eigenvalue weighted by atomic mass is 32.2. The molecule has 1 atom stereocenters. The van der Waals surface area contributed by atoms with Gasteiger partial charge in [-0.2, -0.15) is 4.31 Å². The lowest BCUT2D eigenvalue weighted by Gasteiger charge is -2.28. The Kier molecular flexibility index (Phi) is 8.30. The summed E-state index contributed by atoms with van der Waals surface area (Å²) in [7, 11) is -2.42. The van der Waals surface area contributed by atoms with Crippen LogP contribution in [-0.4, -0.2) is 76.6 Å². The Bertz CT molecular complexity index is 983. The van der Waals surface area contributed by atoms with Gasteiger partial charge in [0.1, 0.15) is 16.4 Å². The number of carbonyl (C=O) groups excluding carboxylic acids is 1. The zero-order valence-electron chi connectivity index (χ0n) is 18.7. The number of methoxy groups -OCH3 is 1. The van der Waals surface area contributed by atoms with Gasteiger partial charge >= 0.3 is 0 Å². The molecule has 0 radical (unpaired) electrons. The third-order valence-corrected chi connectivity index (χ3v) is 7.51. The van der Waals surface area contributed by atoms with Gasteiger partial charge in [-0.05, 0) is 43.4 Å². The molecule has 1 fully saturated rings. The van der Waals surface area contributed by atoms with Gasteiger partial charge in [0.2, 0.25) is 10.0 Å². The second-order valence-corrected chi connectivity index (χ2v) is 9.25. The topological polar surface area (TPSA) is 101 Å². The van der Waals surface area contributed by atoms with Crippen LogP contribution in [0.1, 0.15) is 36.0 Å². The molecule has 0 bridgehead atoms. The quantitative estimate of drug-likeness (QED) is 0.574. The number of morpholine rings is 1. The molecule has 1 N–H and O–H groups in total. The first kappa shape index (κ1) is 24.2. The maximum absolute atomic E-state index is 13.2. The first-order valence-electron chi connectivity index (χ1n) is 10.7. The summed E-state index contributed by atoms with van der Waals surface area (Å²) < 4.78 is 43.8. The van der Waals surface area contributed by atoms with E-state index in [0.29, 0.717) is 19.8 Å². The number of carbonyl (C=O) groups is 1. The molecule has 1 aliphatic rings. The molecule has 176 valence electrons. The van der Waals surface area contributed by atoms with E-state index in [1.807, 2.05) is 26.0 Å². The minimum atomic E-state index is -3.82. The number of rotatable bonds is 10. The van der Waals surface area contributed by atoms with Crippen molar-refractivity contribution >= 4 is 15.9 Å². The number of ether oxygens (including phenoxy) is 2. The molecule has 1 aromatic carbocycles. The first-order chi connectivity index (χ1) is 15.4. The van der Waals surface area contributed by atoms with E-state index in [4.69, 9.17) is 13.9 Å². The molecule has 10 heteroatoms. The van der Waals surface area contributed by atoms with Crippen molar-refractivity contribution < 1.29 is 27.1 Å². The number of benzene rings is 1. The number of likely N-dealkylation sites (N-methyl/N-ethyl adjacent to an activating group) is 1. The maximum Gasteiger partial charge on any atom is 0.251 e. The Hall–Kier alpha value is -2.40. The third kappa shape index (κ3) is 5.32. The second kappa shape index (κ2) is 11.0. The highest BCUT2D eigenvalue weighted by Gasteiger charge is 2.30. The fourth-order valence-electron chi connectivity index (χ4n) is 3.79. The van der Waals surface area contributed by atoms with Crippen LogP contribution in [0.2, 0.25) is 0 Å². The average molecular weight is 466 g/mol. The number of nitrogens with zero attached hydrogens (tertiary/aromatic N) is 2. The lowest BCUT2D eigenvalue weighted by Crippen LogP contribution is -2.41. The summed E-state index contributed by atoms with van der Waals surface area (Å²) in [5, 5.41) is 2.92. The van der Waals surface area contributed by atoms with Crippen LogP contribution in [0.4, 0.5) is 0 Å². The van der Waals surface area contributed by atoms with Crippen LogP contribution in [0.5, 0.6) is 5.75 Å². The molecule has 2 aromatic rings. The van der Waals surface area contributed by atoms with Gasteiger partial charge in [-0.3, -0.25) is 9.69 Å². The van der Waals surface area contributed by atoms with Gasteiger partial charge in [0.05, 0.1) is 32.6 Å². The van der Waals surface area contributed by atoms with E-state index in [1.54, 1.807) is 12.3 Å². The van der Waals surface area contributed by atoms with Gasteiger partial charge in [0.15, 0.2) is 0 Å². The molecule has 1 aliphatic heterocycles. The highest BCUT2D eigenvalue weighted by Crippen LogP contribution is 2.28. The highest BCUT2D eigenvalue weighted by molar-refractivity contribution is 7.89. The van der Waals surface area contributed by atoms with Gasteiger partial charge in [0, 0.05) is 25.2 Å². The summed E-state index contributed by atoms with van der Waals surface area (Å²) >= 11 is 0. The number of sulfonamides is 1. The molecule has 2 heterocycles. The lowest BCUT2D eigenvalue weighted by atomic mass is 10.1. The molecule has 0 spiro atoms. The molecule has 1 aromatic heterocycles. The molecule has 1 amide bonds. The molecule has 0 saturated carbocycles. The van der Waals surface area contributed by atoms with Gasteiger partial charge in [-0.15, -0.1) is 0 Å². The first-order valence-corrected chi connectivity index (χ1v) is 12.2. The van der Waals surface area contributed by atoms with Crippen LogP contribution in [-0.2, 0) is 14.8 Å². The molecule has 3 rings (SSSR count). The summed E-state index contributed by atoms with van der Waals surface area (Å²) in [5.41, 5.74) is 0.246. The number of furan rings is 1.